The Bertz CT molecular complexity index is 1270. The number of nitriles is 1. The van der Waals surface area contributed by atoms with Gasteiger partial charge in [-0.25, -0.2) is 4.98 Å². The monoisotopic (exact) mass is 459 g/mol. The van der Waals surface area contributed by atoms with E-state index in [-0.39, 0.29) is 18.4 Å². The van der Waals surface area contributed by atoms with Gasteiger partial charge < -0.3 is 19.1 Å². The Labute approximate surface area is 196 Å². The Morgan fingerprint density at radius 1 is 1.32 bits per heavy atom. The van der Waals surface area contributed by atoms with Crippen molar-refractivity contribution in [2.75, 3.05) is 49.7 Å². The Morgan fingerprint density at radius 3 is 2.91 bits per heavy atom. The topological polar surface area (TPSA) is 125 Å². The van der Waals surface area contributed by atoms with Crippen LogP contribution < -0.4 is 10.3 Å². The number of nitrogens with zero attached hydrogens (tertiary/aromatic N) is 8. The van der Waals surface area contributed by atoms with Crippen LogP contribution in [0.3, 0.4) is 0 Å². The van der Waals surface area contributed by atoms with Crippen molar-refractivity contribution >= 4 is 35.1 Å². The van der Waals surface area contributed by atoms with E-state index in [9.17, 15) is 4.79 Å². The molecule has 11 nitrogen and oxygen atoms in total. The second kappa shape index (κ2) is 9.44. The number of rotatable bonds is 6. The molecule has 0 bridgehead atoms. The fourth-order valence-electron chi connectivity index (χ4n) is 3.96. The summed E-state index contributed by atoms with van der Waals surface area (Å²) in [5.74, 6) is 0.854. The first kappa shape index (κ1) is 21.8. The van der Waals surface area contributed by atoms with Crippen LogP contribution in [0.25, 0.3) is 11.2 Å². The number of aromatic nitrogens is 4. The molecule has 1 amide bonds. The van der Waals surface area contributed by atoms with E-state index in [4.69, 9.17) is 15.0 Å². The van der Waals surface area contributed by atoms with Crippen LogP contribution in [0.4, 0.5) is 11.8 Å². The van der Waals surface area contributed by atoms with Gasteiger partial charge in [0, 0.05) is 26.2 Å². The molecule has 2 fully saturated rings. The molecule has 0 radical (unpaired) electrons. The van der Waals surface area contributed by atoms with Crippen molar-refractivity contribution < 1.29 is 9.53 Å². The summed E-state index contributed by atoms with van der Waals surface area (Å²) in [6.07, 6.45) is 3.32. The molecule has 4 heterocycles. The molecule has 1 aromatic carbocycles. The highest BCUT2D eigenvalue weighted by Crippen LogP contribution is 2.24. The summed E-state index contributed by atoms with van der Waals surface area (Å²) >= 11 is 0. The fraction of sp³-hybridized carbons (Fsp3) is 0.391. The Balaban J connectivity index is 1.43. The van der Waals surface area contributed by atoms with Crippen molar-refractivity contribution in [3.8, 4) is 6.07 Å². The van der Waals surface area contributed by atoms with E-state index in [0.29, 0.717) is 62.3 Å². The Kier molecular flexibility index (Phi) is 6.05. The molecule has 2 aliphatic heterocycles. The molecular formula is C23H25N9O2. The molecular weight excluding hydrogens is 434 g/mol. The van der Waals surface area contributed by atoms with Crippen LogP contribution in [0.15, 0.2) is 35.7 Å². The maximum atomic E-state index is 12.7. The molecule has 2 aromatic heterocycles. The molecule has 2 aliphatic rings. The number of fused-ring (bicyclic) bond motifs is 1. The van der Waals surface area contributed by atoms with Crippen LogP contribution >= 0.6 is 0 Å². The summed E-state index contributed by atoms with van der Waals surface area (Å²) in [6.45, 7) is 5.61. The predicted octanol–water partition coefficient (Wildman–Crippen LogP) is 1.40. The maximum Gasteiger partial charge on any atom is 0.242 e. The minimum atomic E-state index is -0.0826. The molecule has 2 saturated heterocycles. The van der Waals surface area contributed by atoms with Gasteiger partial charge in [-0.05, 0) is 12.5 Å². The van der Waals surface area contributed by atoms with Gasteiger partial charge in [-0.3, -0.25) is 10.2 Å². The minimum absolute atomic E-state index is 0.0655. The van der Waals surface area contributed by atoms with Gasteiger partial charge in [0.15, 0.2) is 17.0 Å². The van der Waals surface area contributed by atoms with E-state index in [0.717, 1.165) is 11.1 Å². The highest BCUT2D eigenvalue weighted by molar-refractivity contribution is 5.87. The number of carbonyl (C=O) groups excluding carboxylic acids is 1. The molecule has 0 aliphatic carbocycles. The van der Waals surface area contributed by atoms with Gasteiger partial charge in [0.05, 0.1) is 37.7 Å². The molecule has 11 heteroatoms. The van der Waals surface area contributed by atoms with E-state index in [2.05, 4.69) is 26.6 Å². The minimum Gasteiger partial charge on any atom is -0.378 e. The highest BCUT2D eigenvalue weighted by atomic mass is 16.5. The van der Waals surface area contributed by atoms with E-state index < -0.39 is 0 Å². The first-order valence-electron chi connectivity index (χ1n) is 11.2. The molecule has 0 spiro atoms. The average molecular weight is 460 g/mol. The Hall–Kier alpha value is -4.04. The van der Waals surface area contributed by atoms with Gasteiger partial charge >= 0.3 is 0 Å². The summed E-state index contributed by atoms with van der Waals surface area (Å²) in [6, 6.07) is 10.2. The number of hydrogen-bond donors (Lipinski definition) is 1. The molecule has 0 saturated carbocycles. The fourth-order valence-corrected chi connectivity index (χ4v) is 3.96. The number of ether oxygens (including phenoxy) is 1. The molecule has 34 heavy (non-hydrogen) atoms. The molecule has 0 unspecified atom stereocenters. The van der Waals surface area contributed by atoms with Gasteiger partial charge in [0.1, 0.15) is 6.54 Å². The van der Waals surface area contributed by atoms with E-state index in [1.54, 1.807) is 22.0 Å². The van der Waals surface area contributed by atoms with E-state index >= 15 is 0 Å². The van der Waals surface area contributed by atoms with Crippen molar-refractivity contribution in [2.24, 2.45) is 11.0 Å². The average Bonchev–Trinajstić information content (AvgIpc) is 3.22. The van der Waals surface area contributed by atoms with Crippen molar-refractivity contribution in [3.63, 3.8) is 0 Å². The zero-order chi connectivity index (χ0) is 23.5. The lowest BCUT2D eigenvalue weighted by Crippen LogP contribution is -2.50. The number of carbonyl (C=O) groups is 1. The first-order valence-corrected chi connectivity index (χ1v) is 11.2. The van der Waals surface area contributed by atoms with Crippen molar-refractivity contribution in [2.45, 2.75) is 13.5 Å². The number of hydrazone groups is 1. The quantitative estimate of drug-likeness (QED) is 0.433. The van der Waals surface area contributed by atoms with Crippen LogP contribution in [-0.4, -0.2) is 75.9 Å². The summed E-state index contributed by atoms with van der Waals surface area (Å²) < 4.78 is 7.18. The smallest absolute Gasteiger partial charge is 0.242 e. The van der Waals surface area contributed by atoms with Crippen LogP contribution in [-0.2, 0) is 16.1 Å². The molecule has 5 rings (SSSR count). The molecule has 3 aromatic rings. The standard InChI is InChI=1S/C23H25N9O2/c1-16-3-2-4-17(9-16)11-26-29-21-20-22(28-23(27-21)30-5-7-34-8-6-30)32(15-25-20)14-19(33)31-12-18(10-24)13-31/h2-4,9,11,15,18H,5-8,12-14H2,1H3,(H,27,28,29). The SMILES string of the molecule is Cc1cccc(C=NNc2nc(N3CCOCC3)nc3c2ncn3CC(=O)N2CC(C#N)C2)c1. The van der Waals surface area contributed by atoms with E-state index in [1.807, 2.05) is 36.1 Å². The molecule has 1 N–H and O–H groups in total. The van der Waals surface area contributed by atoms with Crippen LogP contribution in [0, 0.1) is 24.2 Å². The summed E-state index contributed by atoms with van der Waals surface area (Å²) in [5.41, 5.74) is 6.21. The van der Waals surface area contributed by atoms with Crippen LogP contribution in [0.2, 0.25) is 0 Å². The van der Waals surface area contributed by atoms with Gasteiger partial charge in [0.25, 0.3) is 0 Å². The van der Waals surface area contributed by atoms with Crippen LogP contribution in [0.5, 0.6) is 0 Å². The Morgan fingerprint density at radius 2 is 2.15 bits per heavy atom. The third kappa shape index (κ3) is 4.53. The number of aryl methyl sites for hydroxylation is 1. The summed E-state index contributed by atoms with van der Waals surface area (Å²) in [5, 5.41) is 13.3. The van der Waals surface area contributed by atoms with Gasteiger partial charge in [0.2, 0.25) is 11.9 Å². The number of benzene rings is 1. The van der Waals surface area contributed by atoms with Crippen molar-refractivity contribution in [1.82, 2.24) is 24.4 Å². The highest BCUT2D eigenvalue weighted by Gasteiger charge is 2.31. The normalized spacial score (nSPS) is 16.6. The zero-order valence-electron chi connectivity index (χ0n) is 18.9. The van der Waals surface area contributed by atoms with Crippen molar-refractivity contribution in [1.29, 1.82) is 5.26 Å². The van der Waals surface area contributed by atoms with Gasteiger partial charge in [-0.15, -0.1) is 0 Å². The second-order valence-corrected chi connectivity index (χ2v) is 8.43. The third-order valence-electron chi connectivity index (χ3n) is 5.89. The molecule has 174 valence electrons. The number of nitrogens with one attached hydrogen (secondary N) is 1. The first-order chi connectivity index (χ1) is 16.6. The number of hydrogen-bond acceptors (Lipinski definition) is 9. The largest absolute Gasteiger partial charge is 0.378 e. The summed E-state index contributed by atoms with van der Waals surface area (Å²) in [7, 11) is 0. The summed E-state index contributed by atoms with van der Waals surface area (Å²) in [4.78, 5) is 30.3. The third-order valence-corrected chi connectivity index (χ3v) is 5.89. The van der Waals surface area contributed by atoms with Gasteiger partial charge in [-0.1, -0.05) is 29.8 Å². The number of amides is 1. The molecule has 0 atom stereocenters. The van der Waals surface area contributed by atoms with Crippen LogP contribution in [0.1, 0.15) is 11.1 Å². The van der Waals surface area contributed by atoms with Crippen molar-refractivity contribution in [3.05, 3.63) is 41.7 Å². The van der Waals surface area contributed by atoms with Gasteiger partial charge in [-0.2, -0.15) is 20.3 Å². The van der Waals surface area contributed by atoms with E-state index in [1.165, 1.54) is 0 Å². The lowest BCUT2D eigenvalue weighted by molar-refractivity contribution is -0.136. The number of anilines is 2. The predicted molar refractivity (Wildman–Crippen MR) is 126 cm³/mol. The lowest BCUT2D eigenvalue weighted by Gasteiger charge is -2.35. The second-order valence-electron chi connectivity index (χ2n) is 8.43. The number of likely N-dealkylation sites (tertiary alicyclic amines) is 1. The zero-order valence-corrected chi connectivity index (χ0v) is 18.9. The number of morpholine rings is 1. The number of imidazole rings is 1. The lowest BCUT2D eigenvalue weighted by atomic mass is 10.0. The maximum absolute atomic E-state index is 12.7.